The van der Waals surface area contributed by atoms with E-state index < -0.39 is 9.84 Å². The third kappa shape index (κ3) is 5.14. The molecule has 0 aliphatic rings. The molecular formula is C13H22N2O2S. The Morgan fingerprint density at radius 3 is 2.28 bits per heavy atom. The van der Waals surface area contributed by atoms with E-state index >= 15 is 0 Å². The molecule has 0 saturated carbocycles. The molecule has 0 aromatic carbocycles. The fourth-order valence-corrected chi connectivity index (χ4v) is 2.79. The highest BCUT2D eigenvalue weighted by molar-refractivity contribution is 7.90. The second-order valence-corrected chi connectivity index (χ2v) is 7.06. The summed E-state index contributed by atoms with van der Waals surface area (Å²) in [6, 6.07) is 4.29. The van der Waals surface area contributed by atoms with Gasteiger partial charge in [-0.05, 0) is 51.4 Å². The number of nitrogens with one attached hydrogen (secondary N) is 1. The van der Waals surface area contributed by atoms with Crippen LogP contribution >= 0.6 is 0 Å². The Morgan fingerprint density at radius 2 is 1.83 bits per heavy atom. The molecular weight excluding hydrogens is 248 g/mol. The highest BCUT2D eigenvalue weighted by Gasteiger charge is 2.12. The first kappa shape index (κ1) is 15.1. The number of aryl methyl sites for hydroxylation is 2. The van der Waals surface area contributed by atoms with Crippen LogP contribution in [0.1, 0.15) is 35.8 Å². The van der Waals surface area contributed by atoms with Crippen LogP contribution in [0, 0.1) is 13.8 Å². The van der Waals surface area contributed by atoms with Gasteiger partial charge in [0.2, 0.25) is 0 Å². The van der Waals surface area contributed by atoms with Crippen molar-refractivity contribution in [2.45, 2.75) is 32.7 Å². The summed E-state index contributed by atoms with van der Waals surface area (Å²) < 4.78 is 22.2. The van der Waals surface area contributed by atoms with Gasteiger partial charge in [0.1, 0.15) is 9.84 Å². The summed E-state index contributed by atoms with van der Waals surface area (Å²) in [7, 11) is -0.968. The van der Waals surface area contributed by atoms with Gasteiger partial charge in [-0.15, -0.1) is 0 Å². The Morgan fingerprint density at radius 1 is 1.28 bits per heavy atom. The van der Waals surface area contributed by atoms with Crippen molar-refractivity contribution in [1.29, 1.82) is 0 Å². The Hall–Kier alpha value is -0.940. The molecule has 1 aromatic heterocycles. The first-order chi connectivity index (χ1) is 8.31. The first-order valence-corrected chi connectivity index (χ1v) is 8.18. The third-order valence-corrected chi connectivity index (χ3v) is 3.89. The normalized spacial score (nSPS) is 13.6. The zero-order valence-electron chi connectivity index (χ0n) is 11.5. The Bertz CT molecular complexity index is 477. The van der Waals surface area contributed by atoms with Crippen molar-refractivity contribution in [2.75, 3.05) is 19.1 Å². The van der Waals surface area contributed by atoms with Crippen LogP contribution in [-0.2, 0) is 9.84 Å². The van der Waals surface area contributed by atoms with Gasteiger partial charge in [-0.1, -0.05) is 0 Å². The van der Waals surface area contributed by atoms with Gasteiger partial charge >= 0.3 is 0 Å². The molecule has 1 unspecified atom stereocenters. The van der Waals surface area contributed by atoms with Crippen LogP contribution < -0.4 is 5.32 Å². The third-order valence-electron chi connectivity index (χ3n) is 2.86. The van der Waals surface area contributed by atoms with Crippen LogP contribution in [0.2, 0.25) is 0 Å². The van der Waals surface area contributed by atoms with Crippen LogP contribution in [0.4, 0.5) is 0 Å². The largest absolute Gasteiger partial charge is 0.313 e. The van der Waals surface area contributed by atoms with Crippen LogP contribution in [-0.4, -0.2) is 32.5 Å². The molecule has 0 bridgehead atoms. The Balaban J connectivity index is 2.71. The standard InChI is InChI=1S/C13H22N2O2S/c1-10-8-12(9-11(2)15-10)13(14-3)6-5-7-18(4,16)17/h8-9,13-14H,5-7H2,1-4H3. The lowest BCUT2D eigenvalue weighted by Gasteiger charge is -2.17. The maximum Gasteiger partial charge on any atom is 0.147 e. The van der Waals surface area contributed by atoms with Crippen molar-refractivity contribution in [3.63, 3.8) is 0 Å². The van der Waals surface area contributed by atoms with Crippen molar-refractivity contribution >= 4 is 9.84 Å². The number of pyridine rings is 1. The molecule has 18 heavy (non-hydrogen) atoms. The number of hydrogen-bond acceptors (Lipinski definition) is 4. The van der Waals surface area contributed by atoms with Gasteiger partial charge in [0.05, 0.1) is 0 Å². The van der Waals surface area contributed by atoms with Crippen LogP contribution in [0.15, 0.2) is 12.1 Å². The molecule has 0 radical (unpaired) electrons. The Labute approximate surface area is 110 Å². The van der Waals surface area contributed by atoms with E-state index in [4.69, 9.17) is 0 Å². The molecule has 4 nitrogen and oxygen atoms in total. The number of sulfone groups is 1. The zero-order valence-corrected chi connectivity index (χ0v) is 12.3. The molecule has 1 N–H and O–H groups in total. The van der Waals surface area contributed by atoms with Gasteiger partial charge in [0.15, 0.2) is 0 Å². The number of aromatic nitrogens is 1. The summed E-state index contributed by atoms with van der Waals surface area (Å²) in [4.78, 5) is 4.35. The maximum atomic E-state index is 11.1. The minimum absolute atomic E-state index is 0.187. The second-order valence-electron chi connectivity index (χ2n) is 4.80. The maximum absolute atomic E-state index is 11.1. The van der Waals surface area contributed by atoms with Crippen molar-refractivity contribution in [3.05, 3.63) is 29.1 Å². The molecule has 0 fully saturated rings. The molecule has 0 saturated heterocycles. The fraction of sp³-hybridized carbons (Fsp3) is 0.615. The first-order valence-electron chi connectivity index (χ1n) is 6.12. The molecule has 0 aliphatic carbocycles. The van der Waals surface area contributed by atoms with Crippen LogP contribution in [0.5, 0.6) is 0 Å². The smallest absolute Gasteiger partial charge is 0.147 e. The molecule has 1 atom stereocenters. The SMILES string of the molecule is CNC(CCCS(C)(=O)=O)c1cc(C)nc(C)c1. The van der Waals surface area contributed by atoms with Crippen molar-refractivity contribution in [1.82, 2.24) is 10.3 Å². The van der Waals surface area contributed by atoms with Crippen LogP contribution in [0.25, 0.3) is 0 Å². The highest BCUT2D eigenvalue weighted by Crippen LogP contribution is 2.19. The van der Waals surface area contributed by atoms with Crippen molar-refractivity contribution in [3.8, 4) is 0 Å². The van der Waals surface area contributed by atoms with Gasteiger partial charge in [0, 0.05) is 29.4 Å². The lowest BCUT2D eigenvalue weighted by Crippen LogP contribution is -2.18. The second kappa shape index (κ2) is 6.29. The van der Waals surface area contributed by atoms with Crippen molar-refractivity contribution in [2.24, 2.45) is 0 Å². The molecule has 1 aromatic rings. The quantitative estimate of drug-likeness (QED) is 0.856. The minimum Gasteiger partial charge on any atom is -0.313 e. The monoisotopic (exact) mass is 270 g/mol. The molecule has 1 rings (SSSR count). The lowest BCUT2D eigenvalue weighted by atomic mass is 10.0. The van der Waals surface area contributed by atoms with E-state index in [1.807, 2.05) is 20.9 Å². The van der Waals surface area contributed by atoms with Gasteiger partial charge in [-0.25, -0.2) is 8.42 Å². The molecule has 5 heteroatoms. The number of hydrogen-bond donors (Lipinski definition) is 1. The zero-order chi connectivity index (χ0) is 13.8. The van der Waals surface area contributed by atoms with E-state index in [9.17, 15) is 8.42 Å². The minimum atomic E-state index is -2.87. The summed E-state index contributed by atoms with van der Waals surface area (Å²) in [5.74, 6) is 0.244. The highest BCUT2D eigenvalue weighted by atomic mass is 32.2. The average Bonchev–Trinajstić information content (AvgIpc) is 2.21. The van der Waals surface area contributed by atoms with E-state index in [2.05, 4.69) is 22.4 Å². The van der Waals surface area contributed by atoms with Gasteiger partial charge in [-0.3, -0.25) is 4.98 Å². The number of rotatable bonds is 6. The topological polar surface area (TPSA) is 59.1 Å². The summed E-state index contributed by atoms with van der Waals surface area (Å²) >= 11 is 0. The molecule has 0 aliphatic heterocycles. The van der Waals surface area contributed by atoms with E-state index in [-0.39, 0.29) is 11.8 Å². The molecule has 1 heterocycles. The summed E-state index contributed by atoms with van der Waals surface area (Å²) in [6.45, 7) is 3.94. The summed E-state index contributed by atoms with van der Waals surface area (Å²) in [5.41, 5.74) is 3.16. The summed E-state index contributed by atoms with van der Waals surface area (Å²) in [5, 5.41) is 3.24. The molecule has 0 spiro atoms. The summed E-state index contributed by atoms with van der Waals surface area (Å²) in [6.07, 6.45) is 2.76. The number of nitrogens with zero attached hydrogens (tertiary/aromatic N) is 1. The van der Waals surface area contributed by atoms with Gasteiger partial charge in [-0.2, -0.15) is 0 Å². The predicted octanol–water partition coefficient (Wildman–Crippen LogP) is 1.78. The predicted molar refractivity (Wildman–Crippen MR) is 74.5 cm³/mol. The Kier molecular flexibility index (Phi) is 5.28. The fourth-order valence-electron chi connectivity index (χ4n) is 2.10. The van der Waals surface area contributed by atoms with E-state index in [0.29, 0.717) is 6.42 Å². The van der Waals surface area contributed by atoms with Crippen LogP contribution in [0.3, 0.4) is 0 Å². The van der Waals surface area contributed by atoms with Crippen molar-refractivity contribution < 1.29 is 8.42 Å². The van der Waals surface area contributed by atoms with E-state index in [0.717, 1.165) is 17.8 Å². The van der Waals surface area contributed by atoms with E-state index in [1.165, 1.54) is 11.8 Å². The van der Waals surface area contributed by atoms with E-state index in [1.54, 1.807) is 0 Å². The average molecular weight is 270 g/mol. The lowest BCUT2D eigenvalue weighted by molar-refractivity contribution is 0.535. The van der Waals surface area contributed by atoms with Gasteiger partial charge < -0.3 is 5.32 Å². The molecule has 0 amide bonds. The van der Waals surface area contributed by atoms with Gasteiger partial charge in [0.25, 0.3) is 0 Å². The molecule has 102 valence electrons.